The predicted molar refractivity (Wildman–Crippen MR) is 59.2 cm³/mol. The highest BCUT2D eigenvalue weighted by atomic mass is 32.2. The van der Waals surface area contributed by atoms with Crippen molar-refractivity contribution in [1.82, 2.24) is 0 Å². The van der Waals surface area contributed by atoms with E-state index in [4.69, 9.17) is 0 Å². The fourth-order valence-corrected chi connectivity index (χ4v) is 4.64. The molecule has 0 N–H and O–H groups in total. The summed E-state index contributed by atoms with van der Waals surface area (Å²) < 4.78 is 24.0. The number of carbonyl (C=O) groups excluding carboxylic acids is 1. The fraction of sp³-hybridized carbons (Fsp3) is 0.417. The molecule has 2 nitrogen and oxygen atoms in total. The van der Waals surface area contributed by atoms with Crippen molar-refractivity contribution in [2.75, 3.05) is 5.75 Å². The Hall–Kier alpha value is -1.03. The number of Topliss-reactive ketones (excluding diaryl/α,β-unsaturated/α-hetero) is 1. The van der Waals surface area contributed by atoms with E-state index < -0.39 is 15.5 Å². The van der Waals surface area contributed by atoms with Crippen LogP contribution in [0.2, 0.25) is 0 Å². The standard InChI is InChI=1S/C12H11FO2S/c13-10-3-1-8(2-4-10)11(14)12-7-9(12)5-6-16(12)15/h1-4,9H,5-7H2/t9-,12+,16?/m0/s1. The lowest BCUT2D eigenvalue weighted by Gasteiger charge is -2.09. The molecule has 1 aliphatic heterocycles. The van der Waals surface area contributed by atoms with Gasteiger partial charge in [0.2, 0.25) is 0 Å². The van der Waals surface area contributed by atoms with Crippen LogP contribution in [0.5, 0.6) is 0 Å². The van der Waals surface area contributed by atoms with Crippen molar-refractivity contribution in [3.05, 3.63) is 35.6 Å². The molecule has 84 valence electrons. The Morgan fingerprint density at radius 1 is 1.38 bits per heavy atom. The van der Waals surface area contributed by atoms with Crippen LogP contribution in [0.3, 0.4) is 0 Å². The van der Waals surface area contributed by atoms with E-state index >= 15 is 0 Å². The molecule has 1 aliphatic carbocycles. The zero-order valence-corrected chi connectivity index (χ0v) is 9.43. The Morgan fingerprint density at radius 3 is 2.56 bits per heavy atom. The molecule has 1 aromatic rings. The number of rotatable bonds is 2. The van der Waals surface area contributed by atoms with Crippen LogP contribution in [-0.2, 0) is 10.8 Å². The van der Waals surface area contributed by atoms with E-state index in [1.165, 1.54) is 24.3 Å². The van der Waals surface area contributed by atoms with Crippen LogP contribution in [0.15, 0.2) is 24.3 Å². The van der Waals surface area contributed by atoms with E-state index in [0.717, 1.165) is 12.8 Å². The van der Waals surface area contributed by atoms with Gasteiger partial charge in [-0.05, 0) is 43.0 Å². The largest absolute Gasteiger partial charge is 0.292 e. The lowest BCUT2D eigenvalue weighted by Crippen LogP contribution is -2.27. The third-order valence-electron chi connectivity index (χ3n) is 3.60. The normalized spacial score (nSPS) is 35.8. The zero-order valence-electron chi connectivity index (χ0n) is 8.61. The van der Waals surface area contributed by atoms with Crippen LogP contribution in [0.4, 0.5) is 4.39 Å². The second-order valence-electron chi connectivity index (χ2n) is 4.46. The van der Waals surface area contributed by atoms with E-state index in [0.29, 0.717) is 17.2 Å². The first-order chi connectivity index (χ1) is 7.64. The van der Waals surface area contributed by atoms with Gasteiger partial charge >= 0.3 is 0 Å². The average Bonchev–Trinajstić information content (AvgIpc) is 2.94. The van der Waals surface area contributed by atoms with Crippen molar-refractivity contribution in [3.63, 3.8) is 0 Å². The molecule has 2 fully saturated rings. The molecule has 0 aromatic heterocycles. The first-order valence-corrected chi connectivity index (χ1v) is 6.65. The quantitative estimate of drug-likeness (QED) is 0.738. The minimum Gasteiger partial charge on any atom is -0.292 e. The molecular weight excluding hydrogens is 227 g/mol. The highest BCUT2D eigenvalue weighted by Gasteiger charge is 2.67. The van der Waals surface area contributed by atoms with Crippen molar-refractivity contribution in [3.8, 4) is 0 Å². The van der Waals surface area contributed by atoms with Crippen molar-refractivity contribution >= 4 is 16.6 Å². The van der Waals surface area contributed by atoms with Crippen molar-refractivity contribution < 1.29 is 13.4 Å². The molecular formula is C12H11FO2S. The molecule has 1 saturated carbocycles. The van der Waals surface area contributed by atoms with Gasteiger partial charge in [-0.2, -0.15) is 0 Å². The maximum absolute atomic E-state index is 12.7. The summed E-state index contributed by atoms with van der Waals surface area (Å²) in [5.41, 5.74) is 0.485. The van der Waals surface area contributed by atoms with Gasteiger partial charge in [-0.25, -0.2) is 4.39 Å². The second kappa shape index (κ2) is 3.23. The third-order valence-corrected chi connectivity index (χ3v) is 5.70. The minimum atomic E-state index is -1.03. The van der Waals surface area contributed by atoms with Crippen LogP contribution in [0.1, 0.15) is 23.2 Å². The summed E-state index contributed by atoms with van der Waals surface area (Å²) in [6, 6.07) is 5.52. The van der Waals surface area contributed by atoms with Crippen molar-refractivity contribution in [1.29, 1.82) is 0 Å². The predicted octanol–water partition coefficient (Wildman–Crippen LogP) is 1.92. The lowest BCUT2D eigenvalue weighted by molar-refractivity contribution is 0.0976. The third kappa shape index (κ3) is 1.22. The Morgan fingerprint density at radius 2 is 2.06 bits per heavy atom. The van der Waals surface area contributed by atoms with Gasteiger partial charge in [-0.3, -0.25) is 9.00 Å². The number of halogens is 1. The molecule has 0 radical (unpaired) electrons. The Labute approximate surface area is 95.3 Å². The lowest BCUT2D eigenvalue weighted by atomic mass is 10.1. The molecule has 3 rings (SSSR count). The Bertz CT molecular complexity index is 482. The van der Waals surface area contributed by atoms with Crippen LogP contribution in [-0.4, -0.2) is 20.5 Å². The maximum atomic E-state index is 12.7. The van der Waals surface area contributed by atoms with E-state index in [-0.39, 0.29) is 11.6 Å². The summed E-state index contributed by atoms with van der Waals surface area (Å²) in [7, 11) is -1.03. The molecule has 2 aliphatic rings. The fourth-order valence-electron chi connectivity index (χ4n) is 2.58. The van der Waals surface area contributed by atoms with Gasteiger partial charge in [0.05, 0.1) is 0 Å². The number of ketones is 1. The van der Waals surface area contributed by atoms with Gasteiger partial charge in [0.25, 0.3) is 0 Å². The van der Waals surface area contributed by atoms with Gasteiger partial charge < -0.3 is 0 Å². The van der Waals surface area contributed by atoms with Crippen molar-refractivity contribution in [2.45, 2.75) is 17.6 Å². The van der Waals surface area contributed by atoms with E-state index in [2.05, 4.69) is 0 Å². The Kier molecular flexibility index (Phi) is 2.05. The van der Waals surface area contributed by atoms with E-state index in [9.17, 15) is 13.4 Å². The summed E-state index contributed by atoms with van der Waals surface area (Å²) in [6.45, 7) is 0. The summed E-state index contributed by atoms with van der Waals surface area (Å²) in [5, 5.41) is 0. The summed E-state index contributed by atoms with van der Waals surface area (Å²) in [6.07, 6.45) is 1.63. The van der Waals surface area contributed by atoms with Crippen LogP contribution in [0, 0.1) is 11.7 Å². The number of hydrogen-bond donors (Lipinski definition) is 0. The molecule has 16 heavy (non-hydrogen) atoms. The van der Waals surface area contributed by atoms with Gasteiger partial charge in [-0.15, -0.1) is 0 Å². The Balaban J connectivity index is 1.94. The minimum absolute atomic E-state index is 0.0617. The molecule has 1 aromatic carbocycles. The topological polar surface area (TPSA) is 34.1 Å². The molecule has 1 saturated heterocycles. The van der Waals surface area contributed by atoms with Gasteiger partial charge in [0.15, 0.2) is 5.78 Å². The summed E-state index contributed by atoms with van der Waals surface area (Å²) in [4.78, 5) is 12.2. The first kappa shape index (κ1) is 10.1. The molecule has 0 amide bonds. The van der Waals surface area contributed by atoms with E-state index in [1.807, 2.05) is 0 Å². The van der Waals surface area contributed by atoms with Crippen molar-refractivity contribution in [2.24, 2.45) is 5.92 Å². The number of carbonyl (C=O) groups is 1. The van der Waals surface area contributed by atoms with E-state index in [1.54, 1.807) is 0 Å². The summed E-state index contributed by atoms with van der Waals surface area (Å²) in [5.74, 6) is 0.519. The number of fused-ring (bicyclic) bond motifs is 1. The molecule has 4 heteroatoms. The first-order valence-electron chi connectivity index (χ1n) is 5.33. The molecule has 1 heterocycles. The second-order valence-corrected chi connectivity index (χ2v) is 6.29. The number of benzene rings is 1. The maximum Gasteiger partial charge on any atom is 0.181 e. The zero-order chi connectivity index (χ0) is 11.3. The summed E-state index contributed by atoms with van der Waals surface area (Å²) >= 11 is 0. The van der Waals surface area contributed by atoms with Gasteiger partial charge in [-0.1, -0.05) is 0 Å². The van der Waals surface area contributed by atoms with Crippen LogP contribution < -0.4 is 0 Å². The number of hydrogen-bond acceptors (Lipinski definition) is 2. The molecule has 0 bridgehead atoms. The monoisotopic (exact) mass is 238 g/mol. The molecule has 1 unspecified atom stereocenters. The average molecular weight is 238 g/mol. The van der Waals surface area contributed by atoms with Gasteiger partial charge in [0.1, 0.15) is 10.6 Å². The molecule has 3 atom stereocenters. The van der Waals surface area contributed by atoms with Crippen LogP contribution in [0.25, 0.3) is 0 Å². The van der Waals surface area contributed by atoms with Gasteiger partial charge in [0, 0.05) is 22.1 Å². The highest BCUT2D eigenvalue weighted by Crippen LogP contribution is 2.57. The SMILES string of the molecule is O=C(c1ccc(F)cc1)[C@@]12C[C@@H]1CCS2=O. The van der Waals surface area contributed by atoms with Crippen LogP contribution >= 0.6 is 0 Å². The molecule has 0 spiro atoms. The highest BCUT2D eigenvalue weighted by molar-refractivity contribution is 7.88. The smallest absolute Gasteiger partial charge is 0.181 e.